The molecule has 0 atom stereocenters. The predicted molar refractivity (Wildman–Crippen MR) is 199 cm³/mol. The molecule has 0 aromatic carbocycles. The van der Waals surface area contributed by atoms with Crippen molar-refractivity contribution in [3.05, 3.63) is 0 Å². The Morgan fingerprint density at radius 3 is 0.714 bits per heavy atom. The molecule has 296 valence electrons. The normalized spacial score (nSPS) is 13.1. The SMILES string of the molecule is CCCCCCCCCCC(OCC)(OCC)C(OCC)(OCC)OC(OCC)(OCC)C(CCCCCCCCCC)(OCC)OCC. The summed E-state index contributed by atoms with van der Waals surface area (Å²) < 4.78 is 59.9. The fourth-order valence-electron chi connectivity index (χ4n) is 6.68. The van der Waals surface area contributed by atoms with Gasteiger partial charge in [-0.1, -0.05) is 104 Å². The van der Waals surface area contributed by atoms with Gasteiger partial charge in [0.2, 0.25) is 0 Å². The van der Waals surface area contributed by atoms with Gasteiger partial charge in [0, 0.05) is 65.7 Å². The van der Waals surface area contributed by atoms with E-state index in [2.05, 4.69) is 13.8 Å². The molecule has 0 aliphatic rings. The lowest BCUT2D eigenvalue weighted by Crippen LogP contribution is -2.71. The molecule has 0 aromatic heterocycles. The third kappa shape index (κ3) is 16.5. The molecule has 49 heavy (non-hydrogen) atoms. The zero-order valence-electron chi connectivity index (χ0n) is 34.1. The van der Waals surface area contributed by atoms with Crippen LogP contribution in [0.2, 0.25) is 0 Å². The average molecular weight is 707 g/mol. The first-order valence-electron chi connectivity index (χ1n) is 20.6. The molecule has 0 rings (SSSR count). The van der Waals surface area contributed by atoms with Crippen molar-refractivity contribution in [3.8, 4) is 0 Å². The van der Waals surface area contributed by atoms with Crippen LogP contribution in [0.25, 0.3) is 0 Å². The Hall–Kier alpha value is -0.360. The first-order chi connectivity index (χ1) is 23.8. The summed E-state index contributed by atoms with van der Waals surface area (Å²) in [4.78, 5) is 0. The zero-order chi connectivity index (χ0) is 36.7. The van der Waals surface area contributed by atoms with Crippen molar-refractivity contribution in [1.82, 2.24) is 0 Å². The number of ether oxygens (including phenoxy) is 9. The molecule has 0 aliphatic carbocycles. The molecule has 0 aromatic rings. The van der Waals surface area contributed by atoms with Gasteiger partial charge in [-0.25, -0.2) is 0 Å². The van der Waals surface area contributed by atoms with Gasteiger partial charge >= 0.3 is 11.9 Å². The molecule has 0 radical (unpaired) electrons. The maximum atomic E-state index is 7.18. The van der Waals surface area contributed by atoms with E-state index in [-0.39, 0.29) is 26.4 Å². The largest absolute Gasteiger partial charge is 0.344 e. The highest BCUT2D eigenvalue weighted by Gasteiger charge is 2.68. The zero-order valence-corrected chi connectivity index (χ0v) is 34.1. The molecule has 0 N–H and O–H groups in total. The topological polar surface area (TPSA) is 83.1 Å². The summed E-state index contributed by atoms with van der Waals surface area (Å²) in [6.45, 7) is 22.5. The van der Waals surface area contributed by atoms with Gasteiger partial charge < -0.3 is 37.9 Å². The molecule has 9 heteroatoms. The Morgan fingerprint density at radius 2 is 0.490 bits per heavy atom. The Labute approximate surface area is 303 Å². The van der Waals surface area contributed by atoms with Crippen LogP contribution in [-0.4, -0.2) is 76.4 Å². The minimum atomic E-state index is -1.87. The van der Waals surface area contributed by atoms with Crippen molar-refractivity contribution in [2.75, 3.05) is 52.9 Å². The monoisotopic (exact) mass is 707 g/mol. The van der Waals surface area contributed by atoms with Crippen LogP contribution in [0.1, 0.15) is 185 Å². The van der Waals surface area contributed by atoms with E-state index in [4.69, 9.17) is 42.6 Å². The Bertz CT molecular complexity index is 638. The predicted octanol–water partition coefficient (Wildman–Crippen LogP) is 11.1. The van der Waals surface area contributed by atoms with Crippen LogP contribution in [-0.2, 0) is 42.6 Å². The van der Waals surface area contributed by atoms with E-state index in [1.807, 2.05) is 55.4 Å². The van der Waals surface area contributed by atoms with Crippen LogP contribution in [0.15, 0.2) is 0 Å². The maximum absolute atomic E-state index is 7.18. The summed E-state index contributed by atoms with van der Waals surface area (Å²) in [5.41, 5.74) is 0. The van der Waals surface area contributed by atoms with Gasteiger partial charge in [0.15, 0.2) is 0 Å². The lowest BCUT2D eigenvalue weighted by atomic mass is 10.00. The Kier molecular flexibility index (Phi) is 29.9. The summed E-state index contributed by atoms with van der Waals surface area (Å²) >= 11 is 0. The Morgan fingerprint density at radius 1 is 0.265 bits per heavy atom. The van der Waals surface area contributed by atoms with E-state index in [0.717, 1.165) is 38.5 Å². The van der Waals surface area contributed by atoms with Crippen LogP contribution in [0.3, 0.4) is 0 Å². The molecule has 0 spiro atoms. The number of rotatable bonds is 38. The molecule has 0 amide bonds. The van der Waals surface area contributed by atoms with Gasteiger partial charge in [-0.05, 0) is 68.2 Å². The molecule has 0 unspecified atom stereocenters. The van der Waals surface area contributed by atoms with Crippen molar-refractivity contribution in [1.29, 1.82) is 0 Å². The van der Waals surface area contributed by atoms with Gasteiger partial charge in [0.05, 0.1) is 0 Å². The molecule has 0 fully saturated rings. The third-order valence-corrected chi connectivity index (χ3v) is 8.77. The molecule has 0 saturated carbocycles. The smallest absolute Gasteiger partial charge is 0.344 e. The van der Waals surface area contributed by atoms with Crippen molar-refractivity contribution in [3.63, 3.8) is 0 Å². The molecule has 9 nitrogen and oxygen atoms in total. The number of unbranched alkanes of at least 4 members (excludes halogenated alkanes) is 14. The minimum absolute atomic E-state index is 0.266. The lowest BCUT2D eigenvalue weighted by molar-refractivity contribution is -0.599. The summed E-state index contributed by atoms with van der Waals surface area (Å²) in [5, 5.41) is 0. The maximum Gasteiger partial charge on any atom is 0.344 e. The summed E-state index contributed by atoms with van der Waals surface area (Å²) in [6, 6.07) is 0. The van der Waals surface area contributed by atoms with Gasteiger partial charge in [0.1, 0.15) is 0 Å². The van der Waals surface area contributed by atoms with Crippen molar-refractivity contribution in [2.24, 2.45) is 0 Å². The highest BCUT2D eigenvalue weighted by molar-refractivity contribution is 4.91. The second kappa shape index (κ2) is 30.1. The standard InChI is InChI=1S/C40H82O9/c1-11-21-23-25-27-29-31-33-35-37(41-13-3,42-14-4)39(45-17-7,46-18-8)49-40(47-19-9,48-20-10)38(43-15-5,44-16-6)36-34-32-30-28-26-24-22-12-2/h11-36H2,1-10H3. The fraction of sp³-hybridized carbons (Fsp3) is 1.00. The highest BCUT2D eigenvalue weighted by atomic mass is 17.0. The quantitative estimate of drug-likeness (QED) is 0.0460. The summed E-state index contributed by atoms with van der Waals surface area (Å²) in [7, 11) is 0. The summed E-state index contributed by atoms with van der Waals surface area (Å²) in [5.74, 6) is -6.58. The molecule has 0 saturated heterocycles. The van der Waals surface area contributed by atoms with E-state index in [0.29, 0.717) is 39.3 Å². The van der Waals surface area contributed by atoms with E-state index in [1.54, 1.807) is 0 Å². The fourth-order valence-corrected chi connectivity index (χ4v) is 6.68. The lowest BCUT2D eigenvalue weighted by Gasteiger charge is -2.54. The van der Waals surface area contributed by atoms with Crippen LogP contribution < -0.4 is 0 Å². The second-order valence-corrected chi connectivity index (χ2v) is 12.6. The van der Waals surface area contributed by atoms with Crippen LogP contribution in [0.5, 0.6) is 0 Å². The van der Waals surface area contributed by atoms with Crippen molar-refractivity contribution in [2.45, 2.75) is 208 Å². The molecule has 0 bridgehead atoms. The van der Waals surface area contributed by atoms with Gasteiger partial charge in [-0.15, -0.1) is 0 Å². The first kappa shape index (κ1) is 48.6. The van der Waals surface area contributed by atoms with Crippen molar-refractivity contribution >= 4 is 0 Å². The Balaban J connectivity index is 6.90. The van der Waals surface area contributed by atoms with Crippen LogP contribution in [0.4, 0.5) is 0 Å². The molecule has 0 aliphatic heterocycles. The second-order valence-electron chi connectivity index (χ2n) is 12.6. The highest BCUT2D eigenvalue weighted by Crippen LogP contribution is 2.47. The number of hydrogen-bond acceptors (Lipinski definition) is 9. The van der Waals surface area contributed by atoms with E-state index >= 15 is 0 Å². The number of hydrogen-bond donors (Lipinski definition) is 0. The minimum Gasteiger partial charge on any atom is -0.344 e. The van der Waals surface area contributed by atoms with Gasteiger partial charge in [0.25, 0.3) is 11.6 Å². The molecule has 0 heterocycles. The van der Waals surface area contributed by atoms with E-state index in [1.165, 1.54) is 64.2 Å². The average Bonchev–Trinajstić information content (AvgIpc) is 3.07. The summed E-state index contributed by atoms with van der Waals surface area (Å²) in [6.07, 6.45) is 19.7. The third-order valence-electron chi connectivity index (χ3n) is 8.77. The van der Waals surface area contributed by atoms with E-state index in [9.17, 15) is 0 Å². The van der Waals surface area contributed by atoms with E-state index < -0.39 is 23.5 Å². The first-order valence-corrected chi connectivity index (χ1v) is 20.6. The van der Waals surface area contributed by atoms with Crippen LogP contribution >= 0.6 is 0 Å². The molecular formula is C40H82O9. The van der Waals surface area contributed by atoms with Crippen molar-refractivity contribution < 1.29 is 42.6 Å². The van der Waals surface area contributed by atoms with Crippen LogP contribution in [0, 0.1) is 0 Å². The van der Waals surface area contributed by atoms with Gasteiger partial charge in [-0.2, -0.15) is 0 Å². The molecular weight excluding hydrogens is 624 g/mol. The van der Waals surface area contributed by atoms with Gasteiger partial charge in [-0.3, -0.25) is 4.74 Å².